The van der Waals surface area contributed by atoms with Crippen LogP contribution in [0.1, 0.15) is 11.6 Å². The van der Waals surface area contributed by atoms with E-state index >= 15 is 0 Å². The van der Waals surface area contributed by atoms with Gasteiger partial charge in [0.2, 0.25) is 0 Å². The molecule has 0 N–H and O–H groups in total. The molecule has 0 saturated heterocycles. The van der Waals surface area contributed by atoms with E-state index in [2.05, 4.69) is 26.0 Å². The predicted octanol–water partition coefficient (Wildman–Crippen LogP) is 2.82. The molecule has 0 unspecified atom stereocenters. The summed E-state index contributed by atoms with van der Waals surface area (Å²) in [5.74, 6) is 1.11. The van der Waals surface area contributed by atoms with Crippen molar-refractivity contribution in [2.75, 3.05) is 0 Å². The van der Waals surface area contributed by atoms with E-state index in [-0.39, 0.29) is 5.82 Å². The average Bonchev–Trinajstić information content (AvgIpc) is 2.64. The molecule has 0 atom stereocenters. The normalized spacial score (nSPS) is 9.53. The lowest BCUT2D eigenvalue weighted by Crippen LogP contribution is -2.00. The molecule has 0 aliphatic rings. The number of hydrogen-bond donors (Lipinski definition) is 0. The number of aromatic nitrogens is 3. The van der Waals surface area contributed by atoms with Crippen LogP contribution >= 0.6 is 15.9 Å². The van der Waals surface area contributed by atoms with Gasteiger partial charge in [0.25, 0.3) is 0 Å². The average molecular weight is 298 g/mol. The summed E-state index contributed by atoms with van der Waals surface area (Å²) in [7, 11) is 0. The van der Waals surface area contributed by atoms with E-state index in [1.807, 2.05) is 6.92 Å². The van der Waals surface area contributed by atoms with Gasteiger partial charge in [0.1, 0.15) is 17.5 Å². The van der Waals surface area contributed by atoms with Gasteiger partial charge < -0.3 is 0 Å². The molecule has 0 fully saturated rings. The lowest BCUT2D eigenvalue weighted by molar-refractivity contribution is 0.624. The van der Waals surface area contributed by atoms with Gasteiger partial charge in [0.15, 0.2) is 0 Å². The Hall–Kier alpha value is -1.81. The van der Waals surface area contributed by atoms with Gasteiger partial charge >= 0.3 is 0 Å². The fourth-order valence-electron chi connectivity index (χ4n) is 1.40. The third-order valence-corrected chi connectivity index (χ3v) is 2.68. The number of halogens is 2. The Morgan fingerprint density at radius 2 is 1.94 bits per heavy atom. The number of rotatable bonds is 1. The summed E-state index contributed by atoms with van der Waals surface area (Å²) in [5.41, 5.74) is 0.660. The second-order valence-electron chi connectivity index (χ2n) is 3.21. The van der Waals surface area contributed by atoms with Crippen LogP contribution in [-0.4, -0.2) is 14.8 Å². The van der Waals surface area contributed by atoms with Crippen LogP contribution in [0.25, 0.3) is 5.69 Å². The van der Waals surface area contributed by atoms with Crippen LogP contribution in [0.5, 0.6) is 0 Å². The summed E-state index contributed by atoms with van der Waals surface area (Å²) in [6.45, 7) is 3.63. The zero-order valence-electron chi connectivity index (χ0n) is 9.22. The summed E-state index contributed by atoms with van der Waals surface area (Å²) in [6.07, 6.45) is 0. The fraction of sp³-hybridized carbons (Fsp3) is 0.200. The Bertz CT molecular complexity index is 549. The molecule has 7 heteroatoms. The molecule has 0 spiro atoms. The zero-order valence-corrected chi connectivity index (χ0v) is 10.8. The number of nitrogens with zero attached hydrogens (tertiary/aromatic N) is 5. The maximum Gasteiger partial charge on any atom is 0.148 e. The second-order valence-corrected chi connectivity index (χ2v) is 4.07. The highest BCUT2D eigenvalue weighted by molar-refractivity contribution is 9.10. The molecule has 2 aromatic rings. The van der Waals surface area contributed by atoms with Gasteiger partial charge in [-0.15, -0.1) is 0 Å². The smallest absolute Gasteiger partial charge is 0.148 e. The molecule has 1 heterocycles. The van der Waals surface area contributed by atoms with Gasteiger partial charge in [-0.25, -0.2) is 14.1 Å². The van der Waals surface area contributed by atoms with E-state index < -0.39 is 0 Å². The molecule has 17 heavy (non-hydrogen) atoms. The number of benzene rings is 1. The van der Waals surface area contributed by atoms with E-state index in [4.69, 9.17) is 10.8 Å². The molecule has 1 aromatic heterocycles. The van der Waals surface area contributed by atoms with Gasteiger partial charge in [-0.2, -0.15) is 5.10 Å². The van der Waals surface area contributed by atoms with Crippen molar-refractivity contribution >= 4 is 15.9 Å². The molecule has 1 aromatic carbocycles. The van der Waals surface area contributed by atoms with E-state index in [0.717, 1.165) is 10.3 Å². The highest BCUT2D eigenvalue weighted by atomic mass is 79.9. The molecule has 0 aliphatic carbocycles. The summed E-state index contributed by atoms with van der Waals surface area (Å²) >= 11 is 3.36. The van der Waals surface area contributed by atoms with Gasteiger partial charge in [-0.3, -0.25) is 0 Å². The molecule has 2 rings (SSSR count). The van der Waals surface area contributed by atoms with Crippen molar-refractivity contribution in [1.29, 1.82) is 10.8 Å². The third kappa shape index (κ3) is 2.85. The molecule has 88 valence electrons. The monoisotopic (exact) mass is 297 g/mol. The lowest BCUT2D eigenvalue weighted by atomic mass is 10.3. The summed E-state index contributed by atoms with van der Waals surface area (Å²) in [4.78, 5) is 4.17. The molecule has 0 bridgehead atoms. The van der Waals surface area contributed by atoms with Crippen LogP contribution < -0.4 is 0 Å². The standard InChI is InChI=1S/C10H9BrFN3.N2/c1-6-13-7(2)15(14-6)10-5-8(12)3-4-9(10)11;1-2/h3-5H,1-2H3;. The Morgan fingerprint density at radius 3 is 2.47 bits per heavy atom. The minimum atomic E-state index is -0.291. The fourth-order valence-corrected chi connectivity index (χ4v) is 1.81. The van der Waals surface area contributed by atoms with Crippen molar-refractivity contribution in [1.82, 2.24) is 14.8 Å². The number of aryl methyl sites for hydroxylation is 2. The first-order valence-corrected chi connectivity index (χ1v) is 5.43. The molecule has 0 radical (unpaired) electrons. The van der Waals surface area contributed by atoms with Gasteiger partial charge in [0, 0.05) is 21.3 Å². The molecule has 0 aliphatic heterocycles. The van der Waals surface area contributed by atoms with Crippen LogP contribution in [-0.2, 0) is 0 Å². The highest BCUT2D eigenvalue weighted by Crippen LogP contribution is 2.22. The highest BCUT2D eigenvalue weighted by Gasteiger charge is 2.09. The van der Waals surface area contributed by atoms with E-state index in [1.54, 1.807) is 17.7 Å². The molecular formula is C10H9BrFN5. The predicted molar refractivity (Wildman–Crippen MR) is 61.9 cm³/mol. The van der Waals surface area contributed by atoms with Crippen LogP contribution in [0.4, 0.5) is 4.39 Å². The van der Waals surface area contributed by atoms with Gasteiger partial charge in [0.05, 0.1) is 5.69 Å². The third-order valence-electron chi connectivity index (χ3n) is 2.01. The maximum atomic E-state index is 13.1. The van der Waals surface area contributed by atoms with Crippen LogP contribution in [0.15, 0.2) is 22.7 Å². The minimum Gasteiger partial charge on any atom is -0.217 e. The SMILES string of the molecule is Cc1nc(C)n(-c2cc(F)ccc2Br)n1.N#N. The largest absolute Gasteiger partial charge is 0.217 e. The van der Waals surface area contributed by atoms with Crippen molar-refractivity contribution in [2.45, 2.75) is 13.8 Å². The van der Waals surface area contributed by atoms with Gasteiger partial charge in [-0.1, -0.05) is 0 Å². The van der Waals surface area contributed by atoms with Crippen LogP contribution in [0.2, 0.25) is 0 Å². The van der Waals surface area contributed by atoms with Crippen LogP contribution in [0.3, 0.4) is 0 Å². The van der Waals surface area contributed by atoms with Crippen molar-refractivity contribution in [3.63, 3.8) is 0 Å². The Kier molecular flexibility index (Phi) is 4.29. The van der Waals surface area contributed by atoms with Crippen LogP contribution in [0, 0.1) is 30.5 Å². The zero-order chi connectivity index (χ0) is 13.0. The quantitative estimate of drug-likeness (QED) is 0.758. The van der Waals surface area contributed by atoms with Crippen molar-refractivity contribution < 1.29 is 4.39 Å². The van der Waals surface area contributed by atoms with E-state index in [0.29, 0.717) is 11.5 Å². The summed E-state index contributed by atoms with van der Waals surface area (Å²) < 4.78 is 15.5. The molecule has 5 nitrogen and oxygen atoms in total. The lowest BCUT2D eigenvalue weighted by Gasteiger charge is -2.05. The molecule has 0 saturated carbocycles. The first-order valence-electron chi connectivity index (χ1n) is 4.63. The second kappa shape index (κ2) is 5.50. The number of hydrogen-bond acceptors (Lipinski definition) is 4. The van der Waals surface area contributed by atoms with Gasteiger partial charge in [-0.05, 0) is 41.9 Å². The first-order chi connectivity index (χ1) is 8.08. The van der Waals surface area contributed by atoms with E-state index in [9.17, 15) is 4.39 Å². The maximum absolute atomic E-state index is 13.1. The molecule has 0 amide bonds. The minimum absolute atomic E-state index is 0.291. The Morgan fingerprint density at radius 1 is 1.29 bits per heavy atom. The summed E-state index contributed by atoms with van der Waals surface area (Å²) in [6, 6.07) is 4.47. The topological polar surface area (TPSA) is 78.3 Å². The first kappa shape index (κ1) is 13.3. The van der Waals surface area contributed by atoms with E-state index in [1.165, 1.54) is 12.1 Å². The molecular weight excluding hydrogens is 289 g/mol. The van der Waals surface area contributed by atoms with Crippen molar-refractivity contribution in [3.8, 4) is 5.69 Å². The Balaban J connectivity index is 0.000000686. The summed E-state index contributed by atoms with van der Waals surface area (Å²) in [5, 5.41) is 16.2. The van der Waals surface area contributed by atoms with Crippen molar-refractivity contribution in [2.24, 2.45) is 0 Å². The van der Waals surface area contributed by atoms with Crippen molar-refractivity contribution in [3.05, 3.63) is 40.1 Å². The Labute approximate surface area is 106 Å².